The van der Waals surface area contributed by atoms with E-state index in [2.05, 4.69) is 20.8 Å². The number of rotatable bonds is 7. The maximum atomic E-state index is 12.5. The molecule has 0 bridgehead atoms. The largest absolute Gasteiger partial charge is 0.471 e. The van der Waals surface area contributed by atoms with E-state index in [1.807, 2.05) is 13.8 Å². The zero-order chi connectivity index (χ0) is 21.0. The molecule has 2 aromatic heterocycles. The minimum Gasteiger partial charge on any atom is -0.471 e. The molecule has 2 amide bonds. The topological polar surface area (TPSA) is 103 Å². The molecular weight excluding hydrogens is 396 g/mol. The van der Waals surface area contributed by atoms with Gasteiger partial charge in [0.1, 0.15) is 5.75 Å². The molecule has 9 nitrogen and oxygen atoms in total. The predicted molar refractivity (Wildman–Crippen MR) is 108 cm³/mol. The summed E-state index contributed by atoms with van der Waals surface area (Å²) in [5.74, 6) is -0.157. The molecule has 1 aromatic carbocycles. The van der Waals surface area contributed by atoms with Crippen LogP contribution in [0.3, 0.4) is 0 Å². The number of anilines is 1. The third kappa shape index (κ3) is 4.75. The van der Waals surface area contributed by atoms with E-state index in [-0.39, 0.29) is 24.0 Å². The number of nitrogens with zero attached hydrogens (tertiary/aromatic N) is 4. The Balaban J connectivity index is 1.68. The van der Waals surface area contributed by atoms with Gasteiger partial charge in [0.2, 0.25) is 0 Å². The van der Waals surface area contributed by atoms with Crippen molar-refractivity contribution in [3.05, 3.63) is 58.6 Å². The number of aryl methyl sites for hydroxylation is 2. The summed E-state index contributed by atoms with van der Waals surface area (Å²) in [6, 6.07) is 6.89. The van der Waals surface area contributed by atoms with E-state index in [0.717, 1.165) is 5.56 Å². The first kappa shape index (κ1) is 20.4. The molecule has 0 saturated heterocycles. The zero-order valence-electron chi connectivity index (χ0n) is 16.3. The van der Waals surface area contributed by atoms with Crippen molar-refractivity contribution in [2.75, 3.05) is 12.4 Å². The molecule has 0 aliphatic rings. The Bertz CT molecular complexity index is 1040. The van der Waals surface area contributed by atoms with Crippen molar-refractivity contribution < 1.29 is 14.3 Å². The Hall–Kier alpha value is -3.33. The molecule has 0 unspecified atom stereocenters. The van der Waals surface area contributed by atoms with Crippen LogP contribution >= 0.6 is 11.6 Å². The molecule has 0 spiro atoms. The molecule has 0 aliphatic carbocycles. The summed E-state index contributed by atoms with van der Waals surface area (Å²) in [7, 11) is 1.50. The number of benzene rings is 1. The van der Waals surface area contributed by atoms with Crippen LogP contribution in [0.5, 0.6) is 5.75 Å². The third-order valence-corrected chi connectivity index (χ3v) is 4.37. The Labute approximate surface area is 172 Å². The van der Waals surface area contributed by atoms with Crippen molar-refractivity contribution in [3.8, 4) is 5.75 Å². The van der Waals surface area contributed by atoms with Gasteiger partial charge in [-0.15, -0.1) is 0 Å². The predicted octanol–water partition coefficient (Wildman–Crippen LogP) is 2.71. The Morgan fingerprint density at radius 1 is 1.17 bits per heavy atom. The molecular formula is C19H21ClN6O3. The molecule has 0 saturated carbocycles. The van der Waals surface area contributed by atoms with Crippen LogP contribution in [0.25, 0.3) is 0 Å². The van der Waals surface area contributed by atoms with Crippen LogP contribution in [0.4, 0.5) is 5.69 Å². The number of hydrogen-bond acceptors (Lipinski definition) is 5. The van der Waals surface area contributed by atoms with Crippen LogP contribution in [-0.4, -0.2) is 38.4 Å². The number of nitrogens with one attached hydrogen (secondary N) is 2. The SMILES string of the molecule is CCn1cc(NC(=O)c2ccn(COc3ccc(Cl)cc3C)n2)c(C(=O)NC)n1. The average Bonchev–Trinajstić information content (AvgIpc) is 3.33. The molecule has 3 rings (SSSR count). The van der Waals surface area contributed by atoms with Crippen LogP contribution in [-0.2, 0) is 13.3 Å². The Kier molecular flexibility index (Phi) is 6.18. The van der Waals surface area contributed by atoms with Crippen molar-refractivity contribution in [3.63, 3.8) is 0 Å². The molecule has 0 atom stereocenters. The number of hydrogen-bond donors (Lipinski definition) is 2. The Morgan fingerprint density at radius 2 is 1.97 bits per heavy atom. The van der Waals surface area contributed by atoms with Gasteiger partial charge >= 0.3 is 0 Å². The van der Waals surface area contributed by atoms with Gasteiger partial charge in [0, 0.05) is 31.0 Å². The third-order valence-electron chi connectivity index (χ3n) is 4.14. The van der Waals surface area contributed by atoms with E-state index >= 15 is 0 Å². The highest BCUT2D eigenvalue weighted by atomic mass is 35.5. The van der Waals surface area contributed by atoms with E-state index in [0.29, 0.717) is 23.0 Å². The molecule has 152 valence electrons. The number of amides is 2. The van der Waals surface area contributed by atoms with Crippen molar-refractivity contribution >= 4 is 29.1 Å². The van der Waals surface area contributed by atoms with Gasteiger partial charge in [0.25, 0.3) is 11.8 Å². The normalized spacial score (nSPS) is 10.6. The number of carbonyl (C=O) groups is 2. The van der Waals surface area contributed by atoms with Crippen LogP contribution in [0.2, 0.25) is 5.02 Å². The van der Waals surface area contributed by atoms with Crippen molar-refractivity contribution in [2.24, 2.45) is 0 Å². The molecule has 29 heavy (non-hydrogen) atoms. The second kappa shape index (κ2) is 8.78. The number of halogens is 1. The first-order valence-corrected chi connectivity index (χ1v) is 9.32. The van der Waals surface area contributed by atoms with Crippen molar-refractivity contribution in [1.82, 2.24) is 24.9 Å². The highest BCUT2D eigenvalue weighted by molar-refractivity contribution is 6.30. The van der Waals surface area contributed by atoms with Gasteiger partial charge in [-0.2, -0.15) is 10.2 Å². The molecule has 0 radical (unpaired) electrons. The summed E-state index contributed by atoms with van der Waals surface area (Å²) >= 11 is 5.94. The van der Waals surface area contributed by atoms with Gasteiger partial charge in [-0.1, -0.05) is 11.6 Å². The fraction of sp³-hybridized carbons (Fsp3) is 0.263. The number of carbonyl (C=O) groups excluding carboxylic acids is 2. The Morgan fingerprint density at radius 3 is 2.66 bits per heavy atom. The van der Waals surface area contributed by atoms with Gasteiger partial charge in [-0.3, -0.25) is 14.3 Å². The lowest BCUT2D eigenvalue weighted by atomic mass is 10.2. The number of aromatic nitrogens is 4. The second-order valence-corrected chi connectivity index (χ2v) is 6.64. The summed E-state index contributed by atoms with van der Waals surface area (Å²) in [4.78, 5) is 24.5. The van der Waals surface area contributed by atoms with Crippen molar-refractivity contribution in [1.29, 1.82) is 0 Å². The lowest BCUT2D eigenvalue weighted by Gasteiger charge is -2.09. The van der Waals surface area contributed by atoms with E-state index in [1.54, 1.807) is 41.3 Å². The molecule has 0 aliphatic heterocycles. The summed E-state index contributed by atoms with van der Waals surface area (Å²) < 4.78 is 8.78. The summed E-state index contributed by atoms with van der Waals surface area (Å²) in [5, 5.41) is 14.2. The van der Waals surface area contributed by atoms with Gasteiger partial charge in [0.15, 0.2) is 18.1 Å². The lowest BCUT2D eigenvalue weighted by molar-refractivity contribution is 0.0958. The van der Waals surface area contributed by atoms with Gasteiger partial charge in [-0.25, -0.2) is 4.68 Å². The number of ether oxygens (including phenoxy) is 1. The summed E-state index contributed by atoms with van der Waals surface area (Å²) in [6.07, 6.45) is 3.24. The van der Waals surface area contributed by atoms with Crippen LogP contribution in [0.15, 0.2) is 36.7 Å². The fourth-order valence-electron chi connectivity index (χ4n) is 2.61. The first-order chi connectivity index (χ1) is 13.9. The molecule has 3 aromatic rings. The standard InChI is InChI=1S/C19H21ClN6O3/c1-4-25-10-15(17(24-25)19(28)21-3)22-18(27)14-7-8-26(23-14)11-29-16-6-5-13(20)9-12(16)2/h5-10H,4,11H2,1-3H3,(H,21,28)(H,22,27). The smallest absolute Gasteiger partial charge is 0.276 e. The maximum absolute atomic E-state index is 12.5. The van der Waals surface area contributed by atoms with Gasteiger partial charge in [-0.05, 0) is 43.7 Å². The summed E-state index contributed by atoms with van der Waals surface area (Å²) in [6.45, 7) is 4.48. The van der Waals surface area contributed by atoms with Crippen LogP contribution in [0, 0.1) is 6.92 Å². The maximum Gasteiger partial charge on any atom is 0.276 e. The molecule has 2 N–H and O–H groups in total. The average molecular weight is 417 g/mol. The highest BCUT2D eigenvalue weighted by Gasteiger charge is 2.19. The first-order valence-electron chi connectivity index (χ1n) is 8.94. The monoisotopic (exact) mass is 416 g/mol. The molecule has 0 fully saturated rings. The highest BCUT2D eigenvalue weighted by Crippen LogP contribution is 2.22. The van der Waals surface area contributed by atoms with Gasteiger partial charge in [0.05, 0.1) is 5.69 Å². The fourth-order valence-corrected chi connectivity index (χ4v) is 2.84. The van der Waals surface area contributed by atoms with Crippen molar-refractivity contribution in [2.45, 2.75) is 27.1 Å². The summed E-state index contributed by atoms with van der Waals surface area (Å²) in [5.41, 5.74) is 1.55. The van der Waals surface area contributed by atoms with Crippen LogP contribution in [0.1, 0.15) is 33.5 Å². The quantitative estimate of drug-likeness (QED) is 0.616. The second-order valence-electron chi connectivity index (χ2n) is 6.20. The minimum absolute atomic E-state index is 0.132. The van der Waals surface area contributed by atoms with Crippen LogP contribution < -0.4 is 15.4 Å². The van der Waals surface area contributed by atoms with E-state index in [9.17, 15) is 9.59 Å². The van der Waals surface area contributed by atoms with Gasteiger partial charge < -0.3 is 15.4 Å². The lowest BCUT2D eigenvalue weighted by Crippen LogP contribution is -2.22. The zero-order valence-corrected chi connectivity index (χ0v) is 17.0. The van der Waals surface area contributed by atoms with E-state index in [4.69, 9.17) is 16.3 Å². The minimum atomic E-state index is -0.452. The molecule has 10 heteroatoms. The van der Waals surface area contributed by atoms with E-state index in [1.165, 1.54) is 11.7 Å². The van der Waals surface area contributed by atoms with E-state index < -0.39 is 5.91 Å². The molecule has 2 heterocycles.